The van der Waals surface area contributed by atoms with Crippen molar-refractivity contribution in [2.75, 3.05) is 0 Å². The normalized spacial score (nSPS) is 16.4. The zero-order valence-electron chi connectivity index (χ0n) is 12.8. The van der Waals surface area contributed by atoms with Crippen molar-refractivity contribution in [2.24, 2.45) is 0 Å². The summed E-state index contributed by atoms with van der Waals surface area (Å²) in [4.78, 5) is 23.6. The Bertz CT molecular complexity index is 760. The predicted molar refractivity (Wildman–Crippen MR) is 93.6 cm³/mol. The number of carbonyl (C=O) groups is 2. The first-order chi connectivity index (χ1) is 11.6. The van der Waals surface area contributed by atoms with Gasteiger partial charge in [-0.2, -0.15) is 0 Å². The minimum absolute atomic E-state index is 0.127. The van der Waals surface area contributed by atoms with Crippen LogP contribution in [0.15, 0.2) is 54.6 Å². The molecule has 3 rings (SSSR count). The van der Waals surface area contributed by atoms with Gasteiger partial charge in [0.05, 0.1) is 6.42 Å². The molecule has 0 radical (unpaired) electrons. The molecule has 1 aliphatic rings. The molecule has 1 heterocycles. The average Bonchev–Trinajstić information content (AvgIpc) is 2.87. The molecule has 1 saturated heterocycles. The van der Waals surface area contributed by atoms with E-state index in [1.165, 1.54) is 0 Å². The van der Waals surface area contributed by atoms with E-state index >= 15 is 0 Å². The Morgan fingerprint density at radius 3 is 2.38 bits per heavy atom. The van der Waals surface area contributed by atoms with Crippen molar-refractivity contribution in [3.63, 3.8) is 0 Å². The van der Waals surface area contributed by atoms with Gasteiger partial charge in [-0.1, -0.05) is 42.5 Å². The third kappa shape index (κ3) is 4.17. The average molecular weight is 340 g/mol. The summed E-state index contributed by atoms with van der Waals surface area (Å²) < 4.78 is 5.33. The zero-order valence-corrected chi connectivity index (χ0v) is 13.6. The molecule has 24 heavy (non-hydrogen) atoms. The first kappa shape index (κ1) is 16.1. The van der Waals surface area contributed by atoms with Crippen molar-refractivity contribution in [2.45, 2.75) is 18.9 Å². The van der Waals surface area contributed by atoms with E-state index in [-0.39, 0.29) is 24.3 Å². The lowest BCUT2D eigenvalue weighted by Crippen LogP contribution is -2.30. The molecule has 122 valence electrons. The van der Waals surface area contributed by atoms with Gasteiger partial charge in [0.2, 0.25) is 5.91 Å². The van der Waals surface area contributed by atoms with Crippen molar-refractivity contribution in [3.8, 4) is 5.75 Å². The molecule has 0 bridgehead atoms. The van der Waals surface area contributed by atoms with Gasteiger partial charge in [-0.25, -0.2) is 0 Å². The van der Waals surface area contributed by atoms with E-state index < -0.39 is 0 Å². The molecule has 1 unspecified atom stereocenters. The highest BCUT2D eigenvalue weighted by Crippen LogP contribution is 2.15. The van der Waals surface area contributed by atoms with Crippen LogP contribution in [0.2, 0.25) is 0 Å². The highest BCUT2D eigenvalue weighted by atomic mass is 32.1. The van der Waals surface area contributed by atoms with E-state index in [1.807, 2.05) is 42.5 Å². The van der Waals surface area contributed by atoms with E-state index in [0.29, 0.717) is 17.3 Å². The molecule has 2 aromatic rings. The summed E-state index contributed by atoms with van der Waals surface area (Å²) >= 11 is 4.91. The lowest BCUT2D eigenvalue weighted by atomic mass is 10.1. The second-order valence-corrected chi connectivity index (χ2v) is 5.91. The molecule has 5 nitrogen and oxygen atoms in total. The van der Waals surface area contributed by atoms with Crippen molar-refractivity contribution in [3.05, 3.63) is 65.7 Å². The van der Waals surface area contributed by atoms with Crippen LogP contribution in [0.3, 0.4) is 0 Å². The van der Waals surface area contributed by atoms with Crippen molar-refractivity contribution >= 4 is 29.2 Å². The molecule has 2 N–H and O–H groups in total. The first-order valence-electron chi connectivity index (χ1n) is 7.55. The van der Waals surface area contributed by atoms with Crippen molar-refractivity contribution in [1.82, 2.24) is 10.6 Å². The summed E-state index contributed by atoms with van der Waals surface area (Å²) in [6.07, 6.45) is 0.746. The van der Waals surface area contributed by atoms with E-state index in [4.69, 9.17) is 17.0 Å². The van der Waals surface area contributed by atoms with Crippen LogP contribution in [0.4, 0.5) is 0 Å². The highest BCUT2D eigenvalue weighted by Gasteiger charge is 2.26. The Balaban J connectivity index is 1.55. The van der Waals surface area contributed by atoms with Crippen LogP contribution in [0.1, 0.15) is 11.1 Å². The fourth-order valence-corrected chi connectivity index (χ4v) is 2.70. The molecule has 2 aromatic carbocycles. The van der Waals surface area contributed by atoms with Gasteiger partial charge in [-0.15, -0.1) is 0 Å². The maximum atomic E-state index is 11.9. The van der Waals surface area contributed by atoms with Crippen LogP contribution in [0.5, 0.6) is 5.75 Å². The van der Waals surface area contributed by atoms with E-state index in [9.17, 15) is 9.59 Å². The zero-order chi connectivity index (χ0) is 16.9. The maximum absolute atomic E-state index is 11.9. The largest absolute Gasteiger partial charge is 0.426 e. The van der Waals surface area contributed by atoms with Gasteiger partial charge < -0.3 is 15.4 Å². The maximum Gasteiger partial charge on any atom is 0.315 e. The number of ether oxygens (including phenoxy) is 1. The Hall–Kier alpha value is -2.73. The van der Waals surface area contributed by atoms with Crippen LogP contribution < -0.4 is 15.4 Å². The lowest BCUT2D eigenvalue weighted by Gasteiger charge is -2.09. The van der Waals surface area contributed by atoms with Crippen LogP contribution in [-0.2, 0) is 22.4 Å². The minimum atomic E-state index is -0.357. The quantitative estimate of drug-likeness (QED) is 0.493. The number of hydrogen-bond donors (Lipinski definition) is 2. The molecule has 0 aliphatic carbocycles. The third-order valence-electron chi connectivity index (χ3n) is 3.64. The van der Waals surface area contributed by atoms with Crippen LogP contribution in [0, 0.1) is 0 Å². The van der Waals surface area contributed by atoms with E-state index in [0.717, 1.165) is 11.1 Å². The van der Waals surface area contributed by atoms with Gasteiger partial charge in [-0.05, 0) is 35.5 Å². The minimum Gasteiger partial charge on any atom is -0.426 e. The van der Waals surface area contributed by atoms with Gasteiger partial charge in [0.1, 0.15) is 11.8 Å². The molecule has 0 aromatic heterocycles. The van der Waals surface area contributed by atoms with Crippen molar-refractivity contribution in [1.29, 1.82) is 0 Å². The molecule has 0 saturated carbocycles. The van der Waals surface area contributed by atoms with Crippen LogP contribution in [0.25, 0.3) is 0 Å². The summed E-state index contributed by atoms with van der Waals surface area (Å²) in [6, 6.07) is 16.2. The molecular weight excluding hydrogens is 324 g/mol. The standard InChI is InChI=1S/C18H16N2O3S/c21-16(11-12-4-2-1-3-5-12)23-14-8-6-13(7-9-14)10-15-17(22)20-18(24)19-15/h1-9,15H,10-11H2,(H2,19,20,22,24). The van der Waals surface area contributed by atoms with Crippen LogP contribution in [-0.4, -0.2) is 23.0 Å². The summed E-state index contributed by atoms with van der Waals surface area (Å²) in [5.41, 5.74) is 1.86. The van der Waals surface area contributed by atoms with Gasteiger partial charge in [0, 0.05) is 6.42 Å². The van der Waals surface area contributed by atoms with E-state index in [1.54, 1.807) is 12.1 Å². The SMILES string of the molecule is O=C(Cc1ccccc1)Oc1ccc(CC2NC(=S)NC2=O)cc1. The molecular formula is C18H16N2O3S. The number of nitrogens with one attached hydrogen (secondary N) is 2. The Morgan fingerprint density at radius 2 is 1.75 bits per heavy atom. The fourth-order valence-electron chi connectivity index (χ4n) is 2.46. The number of benzene rings is 2. The molecule has 1 atom stereocenters. The Morgan fingerprint density at radius 1 is 1.04 bits per heavy atom. The Kier molecular flexibility index (Phi) is 4.86. The van der Waals surface area contributed by atoms with Gasteiger partial charge in [0.25, 0.3) is 0 Å². The fraction of sp³-hybridized carbons (Fsp3) is 0.167. The second-order valence-electron chi connectivity index (χ2n) is 5.50. The lowest BCUT2D eigenvalue weighted by molar-refractivity contribution is -0.133. The predicted octanol–water partition coefficient (Wildman–Crippen LogP) is 1.75. The van der Waals surface area contributed by atoms with Gasteiger partial charge in [0.15, 0.2) is 5.11 Å². The number of thiocarbonyl (C=S) groups is 1. The molecule has 1 fully saturated rings. The van der Waals surface area contributed by atoms with Crippen LogP contribution >= 0.6 is 12.2 Å². The molecule has 0 spiro atoms. The number of amides is 1. The van der Waals surface area contributed by atoms with Crippen molar-refractivity contribution < 1.29 is 14.3 Å². The summed E-state index contributed by atoms with van der Waals surface area (Å²) in [5.74, 6) is 0.0496. The topological polar surface area (TPSA) is 67.4 Å². The molecule has 6 heteroatoms. The molecule has 1 aliphatic heterocycles. The number of rotatable bonds is 5. The molecule has 1 amide bonds. The first-order valence-corrected chi connectivity index (χ1v) is 7.96. The summed E-state index contributed by atoms with van der Waals surface area (Å²) in [7, 11) is 0. The highest BCUT2D eigenvalue weighted by molar-refractivity contribution is 7.80. The second kappa shape index (κ2) is 7.23. The Labute approximate surface area is 145 Å². The number of carbonyl (C=O) groups excluding carboxylic acids is 2. The van der Waals surface area contributed by atoms with Gasteiger partial charge >= 0.3 is 5.97 Å². The van der Waals surface area contributed by atoms with E-state index in [2.05, 4.69) is 10.6 Å². The monoisotopic (exact) mass is 340 g/mol. The number of hydrogen-bond acceptors (Lipinski definition) is 4. The number of esters is 1. The summed E-state index contributed by atoms with van der Waals surface area (Å²) in [6.45, 7) is 0. The third-order valence-corrected chi connectivity index (χ3v) is 3.86. The summed E-state index contributed by atoms with van der Waals surface area (Å²) in [5, 5.41) is 5.83. The van der Waals surface area contributed by atoms with Gasteiger partial charge in [-0.3, -0.25) is 9.59 Å². The smallest absolute Gasteiger partial charge is 0.315 e.